The van der Waals surface area contributed by atoms with Crippen LogP contribution in [-0.2, 0) is 20.1 Å². The van der Waals surface area contributed by atoms with Gasteiger partial charge in [-0.1, -0.05) is 36.4 Å². The third-order valence-corrected chi connectivity index (χ3v) is 6.36. The predicted octanol–water partition coefficient (Wildman–Crippen LogP) is 3.92. The standard InChI is InChI=1S/C28H30N4O4/c1-5-29-28(36)30-24-14-20(15-31(4)27(24)35)21-7-6-8-25(23(21)16-33)32-12-11-19-13-18(17(2)3)9-10-22(19)26(32)34/h6-10,13-15,33H,2,5,11-12,16H2,1,3-4H3,(H2,29,30,36). The molecule has 1 aromatic heterocycles. The van der Waals surface area contributed by atoms with Crippen molar-refractivity contribution in [3.8, 4) is 11.1 Å². The Bertz CT molecular complexity index is 1420. The van der Waals surface area contributed by atoms with Crippen molar-refractivity contribution in [3.05, 3.63) is 87.8 Å². The van der Waals surface area contributed by atoms with Gasteiger partial charge in [0.25, 0.3) is 11.5 Å². The lowest BCUT2D eigenvalue weighted by atomic mass is 9.93. The average Bonchev–Trinajstić information content (AvgIpc) is 2.86. The van der Waals surface area contributed by atoms with Crippen molar-refractivity contribution in [1.82, 2.24) is 9.88 Å². The van der Waals surface area contributed by atoms with Gasteiger partial charge in [0.2, 0.25) is 0 Å². The van der Waals surface area contributed by atoms with Gasteiger partial charge in [0, 0.05) is 43.0 Å². The van der Waals surface area contributed by atoms with E-state index in [9.17, 15) is 19.5 Å². The Balaban J connectivity index is 1.75. The molecule has 8 nitrogen and oxygen atoms in total. The monoisotopic (exact) mass is 486 g/mol. The zero-order valence-electron chi connectivity index (χ0n) is 20.7. The molecule has 0 saturated heterocycles. The summed E-state index contributed by atoms with van der Waals surface area (Å²) in [7, 11) is 1.60. The number of hydrogen-bond donors (Lipinski definition) is 3. The highest BCUT2D eigenvalue weighted by molar-refractivity contribution is 6.09. The molecule has 1 aliphatic heterocycles. The first kappa shape index (κ1) is 24.9. The third-order valence-electron chi connectivity index (χ3n) is 6.36. The molecule has 1 aliphatic rings. The second-order valence-electron chi connectivity index (χ2n) is 8.86. The number of urea groups is 1. The first-order valence-electron chi connectivity index (χ1n) is 11.8. The van der Waals surface area contributed by atoms with Crippen LogP contribution in [0.5, 0.6) is 0 Å². The fraction of sp³-hybridized carbons (Fsp3) is 0.250. The average molecular weight is 487 g/mol. The molecule has 0 bridgehead atoms. The minimum absolute atomic E-state index is 0.117. The van der Waals surface area contributed by atoms with Crippen molar-refractivity contribution in [1.29, 1.82) is 0 Å². The maximum Gasteiger partial charge on any atom is 0.319 e. The van der Waals surface area contributed by atoms with E-state index in [1.54, 1.807) is 31.1 Å². The molecular weight excluding hydrogens is 456 g/mol. The number of aryl methyl sites for hydroxylation is 1. The van der Waals surface area contributed by atoms with E-state index in [-0.39, 0.29) is 23.8 Å². The molecule has 2 aromatic carbocycles. The molecule has 8 heteroatoms. The van der Waals surface area contributed by atoms with Gasteiger partial charge in [0.05, 0.1) is 12.3 Å². The molecule has 0 aliphatic carbocycles. The molecule has 3 aromatic rings. The number of fused-ring (bicyclic) bond motifs is 1. The van der Waals surface area contributed by atoms with E-state index >= 15 is 0 Å². The Hall–Kier alpha value is -4.17. The number of amides is 3. The van der Waals surface area contributed by atoms with Crippen molar-refractivity contribution >= 4 is 28.9 Å². The highest BCUT2D eigenvalue weighted by atomic mass is 16.3. The number of anilines is 2. The third kappa shape index (κ3) is 4.67. The molecule has 3 amide bonds. The van der Waals surface area contributed by atoms with E-state index in [0.29, 0.717) is 47.5 Å². The normalized spacial score (nSPS) is 12.8. The summed E-state index contributed by atoms with van der Waals surface area (Å²) in [5, 5.41) is 15.6. The van der Waals surface area contributed by atoms with Gasteiger partial charge in [-0.2, -0.15) is 0 Å². The van der Waals surface area contributed by atoms with E-state index in [0.717, 1.165) is 16.7 Å². The molecule has 0 atom stereocenters. The van der Waals surface area contributed by atoms with Gasteiger partial charge >= 0.3 is 6.03 Å². The van der Waals surface area contributed by atoms with Gasteiger partial charge in [0.15, 0.2) is 0 Å². The number of carbonyl (C=O) groups excluding carboxylic acids is 2. The summed E-state index contributed by atoms with van der Waals surface area (Å²) >= 11 is 0. The predicted molar refractivity (Wildman–Crippen MR) is 142 cm³/mol. The lowest BCUT2D eigenvalue weighted by Gasteiger charge is -2.31. The fourth-order valence-electron chi connectivity index (χ4n) is 4.52. The molecule has 3 N–H and O–H groups in total. The Morgan fingerprint density at radius 1 is 1.14 bits per heavy atom. The van der Waals surface area contributed by atoms with Gasteiger partial charge in [0.1, 0.15) is 5.69 Å². The van der Waals surface area contributed by atoms with Crippen LogP contribution >= 0.6 is 0 Å². The topological polar surface area (TPSA) is 104 Å². The summed E-state index contributed by atoms with van der Waals surface area (Å²) in [5.74, 6) is -0.129. The summed E-state index contributed by atoms with van der Waals surface area (Å²) in [6, 6.07) is 12.3. The van der Waals surface area contributed by atoms with Crippen LogP contribution in [0.2, 0.25) is 0 Å². The minimum Gasteiger partial charge on any atom is -0.392 e. The summed E-state index contributed by atoms with van der Waals surface area (Å²) in [6.45, 7) is 8.30. The van der Waals surface area contributed by atoms with E-state index in [2.05, 4.69) is 17.2 Å². The van der Waals surface area contributed by atoms with Gasteiger partial charge in [-0.3, -0.25) is 9.59 Å². The molecular formula is C28H30N4O4. The lowest BCUT2D eigenvalue weighted by molar-refractivity contribution is 0.0980. The van der Waals surface area contributed by atoms with Gasteiger partial charge < -0.3 is 25.2 Å². The Morgan fingerprint density at radius 2 is 1.92 bits per heavy atom. The molecule has 0 radical (unpaired) electrons. The lowest BCUT2D eigenvalue weighted by Crippen LogP contribution is -2.38. The minimum atomic E-state index is -0.477. The van der Waals surface area contributed by atoms with E-state index in [1.807, 2.05) is 43.3 Å². The van der Waals surface area contributed by atoms with Gasteiger partial charge in [-0.05, 0) is 55.2 Å². The fourth-order valence-corrected chi connectivity index (χ4v) is 4.52. The summed E-state index contributed by atoms with van der Waals surface area (Å²) in [4.78, 5) is 39.8. The number of aromatic nitrogens is 1. The summed E-state index contributed by atoms with van der Waals surface area (Å²) in [6.07, 6.45) is 2.33. The number of benzene rings is 2. The molecule has 2 heterocycles. The number of aliphatic hydroxyl groups is 1. The Labute approximate surface area is 209 Å². The number of rotatable bonds is 6. The Kier molecular flexibility index (Phi) is 7.07. The van der Waals surface area contributed by atoms with Crippen LogP contribution in [0.15, 0.2) is 60.0 Å². The first-order valence-corrected chi connectivity index (χ1v) is 11.8. The second-order valence-corrected chi connectivity index (χ2v) is 8.86. The largest absolute Gasteiger partial charge is 0.392 e. The summed E-state index contributed by atoms with van der Waals surface area (Å²) < 4.78 is 1.38. The maximum atomic E-state index is 13.5. The molecule has 0 unspecified atom stereocenters. The summed E-state index contributed by atoms with van der Waals surface area (Å²) in [5.41, 5.74) is 5.81. The molecule has 0 fully saturated rings. The van der Waals surface area contributed by atoms with Crippen molar-refractivity contribution in [3.63, 3.8) is 0 Å². The quantitative estimate of drug-likeness (QED) is 0.491. The maximum absolute atomic E-state index is 13.5. The van der Waals surface area contributed by atoms with Crippen molar-refractivity contribution in [2.45, 2.75) is 26.9 Å². The number of allylic oxidation sites excluding steroid dienone is 1. The van der Waals surface area contributed by atoms with E-state index in [1.165, 1.54) is 4.57 Å². The van der Waals surface area contributed by atoms with Crippen LogP contribution in [0.1, 0.15) is 40.9 Å². The van der Waals surface area contributed by atoms with Crippen LogP contribution < -0.4 is 21.1 Å². The first-order chi connectivity index (χ1) is 17.2. The van der Waals surface area contributed by atoms with Crippen LogP contribution in [0.4, 0.5) is 16.2 Å². The van der Waals surface area contributed by atoms with E-state index < -0.39 is 6.03 Å². The van der Waals surface area contributed by atoms with Crippen molar-refractivity contribution in [2.75, 3.05) is 23.3 Å². The van der Waals surface area contributed by atoms with Crippen molar-refractivity contribution in [2.24, 2.45) is 7.05 Å². The van der Waals surface area contributed by atoms with Crippen LogP contribution in [0, 0.1) is 0 Å². The molecule has 0 saturated carbocycles. The zero-order chi connectivity index (χ0) is 26.0. The van der Waals surface area contributed by atoms with Crippen molar-refractivity contribution < 1.29 is 14.7 Å². The van der Waals surface area contributed by atoms with E-state index in [4.69, 9.17) is 0 Å². The number of pyridine rings is 1. The number of nitrogens with zero attached hydrogens (tertiary/aromatic N) is 2. The molecule has 4 rings (SSSR count). The highest BCUT2D eigenvalue weighted by Gasteiger charge is 2.28. The molecule has 186 valence electrons. The number of aliphatic hydroxyl groups excluding tert-OH is 1. The van der Waals surface area contributed by atoms with Crippen LogP contribution in [-0.4, -0.2) is 34.7 Å². The van der Waals surface area contributed by atoms with Gasteiger partial charge in [-0.25, -0.2) is 4.79 Å². The van der Waals surface area contributed by atoms with Gasteiger partial charge in [-0.15, -0.1) is 0 Å². The molecule has 0 spiro atoms. The SMILES string of the molecule is C=C(C)c1ccc2c(c1)CCN(c1cccc(-c3cc(NC(=O)NCC)c(=O)n(C)c3)c1CO)C2=O. The number of carbonyl (C=O) groups is 2. The van der Waals surface area contributed by atoms with Crippen LogP contribution in [0.3, 0.4) is 0 Å². The van der Waals surface area contributed by atoms with Crippen LogP contribution in [0.25, 0.3) is 16.7 Å². The highest BCUT2D eigenvalue weighted by Crippen LogP contribution is 2.35. The second kappa shape index (κ2) is 10.2. The number of nitrogens with one attached hydrogen (secondary N) is 2. The molecule has 36 heavy (non-hydrogen) atoms. The zero-order valence-corrected chi connectivity index (χ0v) is 20.7. The number of hydrogen-bond acceptors (Lipinski definition) is 4. The Morgan fingerprint density at radius 3 is 2.61 bits per heavy atom. The smallest absolute Gasteiger partial charge is 0.319 e.